The van der Waals surface area contributed by atoms with Crippen molar-refractivity contribution in [2.24, 2.45) is 5.92 Å². The van der Waals surface area contributed by atoms with Crippen LogP contribution in [-0.2, 0) is 11.8 Å². The molecular formula is C20H34O2. The molecule has 0 bridgehead atoms. The van der Waals surface area contributed by atoms with Crippen molar-refractivity contribution >= 4 is 5.97 Å². The molecule has 0 heterocycles. The van der Waals surface area contributed by atoms with E-state index >= 15 is 0 Å². The van der Waals surface area contributed by atoms with E-state index in [0.29, 0.717) is 11.5 Å². The van der Waals surface area contributed by atoms with Gasteiger partial charge in [-0.25, -0.2) is 4.79 Å². The summed E-state index contributed by atoms with van der Waals surface area (Å²) in [6.07, 6.45) is 4.56. The highest BCUT2D eigenvalue weighted by atomic mass is 16.4. The molecule has 0 spiro atoms. The second-order valence-electron chi connectivity index (χ2n) is 5.70. The van der Waals surface area contributed by atoms with Crippen LogP contribution in [0.25, 0.3) is 0 Å². The van der Waals surface area contributed by atoms with E-state index in [1.807, 2.05) is 39.8 Å². The third kappa shape index (κ3) is 4.12. The molecule has 0 radical (unpaired) electrons. The van der Waals surface area contributed by atoms with Crippen LogP contribution in [0.1, 0.15) is 89.2 Å². The topological polar surface area (TPSA) is 37.3 Å². The van der Waals surface area contributed by atoms with E-state index in [4.69, 9.17) is 5.11 Å². The second kappa shape index (κ2) is 9.66. The molecule has 1 aromatic rings. The van der Waals surface area contributed by atoms with Gasteiger partial charge < -0.3 is 5.11 Å². The maximum absolute atomic E-state index is 11.2. The number of carbonyl (C=O) groups is 1. The molecule has 0 aliphatic heterocycles. The van der Waals surface area contributed by atoms with Gasteiger partial charge in [0.2, 0.25) is 0 Å². The number of carboxylic acid groups (broad SMARTS) is 1. The number of fused-ring (bicyclic) bond motifs is 1. The van der Waals surface area contributed by atoms with Crippen LogP contribution in [0.15, 0.2) is 18.2 Å². The first-order valence-corrected chi connectivity index (χ1v) is 8.88. The van der Waals surface area contributed by atoms with Crippen LogP contribution >= 0.6 is 0 Å². The summed E-state index contributed by atoms with van der Waals surface area (Å²) in [6, 6.07) is 5.68. The number of aromatic carboxylic acids is 1. The summed E-state index contributed by atoms with van der Waals surface area (Å²) in [5.41, 5.74) is 3.22. The van der Waals surface area contributed by atoms with Crippen LogP contribution in [0.2, 0.25) is 0 Å². The number of hydrogen-bond donors (Lipinski definition) is 1. The molecule has 126 valence electrons. The Morgan fingerprint density at radius 3 is 2.27 bits per heavy atom. The summed E-state index contributed by atoms with van der Waals surface area (Å²) in [7, 11) is 0. The van der Waals surface area contributed by atoms with Gasteiger partial charge in [0.1, 0.15) is 0 Å². The molecule has 0 saturated heterocycles. The Labute approximate surface area is 137 Å². The quantitative estimate of drug-likeness (QED) is 0.735. The Bertz CT molecular complexity index is 463. The van der Waals surface area contributed by atoms with Crippen molar-refractivity contribution in [3.63, 3.8) is 0 Å². The number of carboxylic acids is 1. The zero-order chi connectivity index (χ0) is 17.3. The smallest absolute Gasteiger partial charge is 0.335 e. The molecule has 0 fully saturated rings. The summed E-state index contributed by atoms with van der Waals surface area (Å²) < 4.78 is 0. The van der Waals surface area contributed by atoms with E-state index < -0.39 is 5.97 Å². The van der Waals surface area contributed by atoms with Crippen LogP contribution in [0.3, 0.4) is 0 Å². The zero-order valence-electron chi connectivity index (χ0n) is 15.5. The van der Waals surface area contributed by atoms with E-state index in [1.54, 1.807) is 6.07 Å². The summed E-state index contributed by atoms with van der Waals surface area (Å²) in [6.45, 7) is 14.7. The van der Waals surface area contributed by atoms with E-state index in [1.165, 1.54) is 24.0 Å². The average molecular weight is 306 g/mol. The molecule has 1 N–H and O–H groups in total. The monoisotopic (exact) mass is 306 g/mol. The van der Waals surface area contributed by atoms with Crippen molar-refractivity contribution in [3.05, 3.63) is 34.9 Å². The molecule has 0 amide bonds. The van der Waals surface area contributed by atoms with Crippen LogP contribution in [-0.4, -0.2) is 11.1 Å². The molecule has 22 heavy (non-hydrogen) atoms. The molecular weight excluding hydrogens is 272 g/mol. The van der Waals surface area contributed by atoms with Crippen LogP contribution in [0.5, 0.6) is 0 Å². The van der Waals surface area contributed by atoms with E-state index in [0.717, 1.165) is 12.8 Å². The molecule has 1 atom stereocenters. The van der Waals surface area contributed by atoms with Crippen molar-refractivity contribution in [1.29, 1.82) is 0 Å². The van der Waals surface area contributed by atoms with Gasteiger partial charge in [-0.2, -0.15) is 0 Å². The van der Waals surface area contributed by atoms with Gasteiger partial charge in [0.25, 0.3) is 0 Å². The maximum Gasteiger partial charge on any atom is 0.335 e. The number of rotatable bonds is 3. The summed E-state index contributed by atoms with van der Waals surface area (Å²) in [5.74, 6) is -0.275. The van der Waals surface area contributed by atoms with Gasteiger partial charge in [-0.3, -0.25) is 0 Å². The van der Waals surface area contributed by atoms with Gasteiger partial charge in [-0.05, 0) is 60.3 Å². The summed E-state index contributed by atoms with van der Waals surface area (Å²) in [5, 5.41) is 9.17. The second-order valence-corrected chi connectivity index (χ2v) is 5.70. The Hall–Kier alpha value is -1.31. The Morgan fingerprint density at radius 1 is 1.23 bits per heavy atom. The van der Waals surface area contributed by atoms with Gasteiger partial charge in [-0.1, -0.05) is 54.5 Å². The molecule has 1 aromatic carbocycles. The minimum Gasteiger partial charge on any atom is -0.478 e. The molecule has 1 aliphatic carbocycles. The minimum absolute atomic E-state index is 0.166. The molecule has 1 unspecified atom stereocenters. The lowest BCUT2D eigenvalue weighted by atomic mass is 9.62. The third-order valence-corrected chi connectivity index (χ3v) is 4.70. The minimum atomic E-state index is -0.822. The molecule has 2 heteroatoms. The Kier molecular flexibility index (Phi) is 9.08. The normalized spacial score (nSPS) is 19.3. The fourth-order valence-corrected chi connectivity index (χ4v) is 3.50. The van der Waals surface area contributed by atoms with Gasteiger partial charge >= 0.3 is 5.97 Å². The molecule has 0 aromatic heterocycles. The summed E-state index contributed by atoms with van der Waals surface area (Å²) >= 11 is 0. The highest BCUT2D eigenvalue weighted by molar-refractivity contribution is 5.88. The highest BCUT2D eigenvalue weighted by Crippen LogP contribution is 2.45. The first kappa shape index (κ1) is 20.7. The standard InChI is InChI=1S/C16H22O2.2C2H6/c1-4-16(11(2)3)9-5-6-12-7-8-13(15(17)18)10-14(12)16;2*1-2/h7-8,10-11H,4-6,9H2,1-3H3,(H,17,18);2*1-2H3. The van der Waals surface area contributed by atoms with Crippen molar-refractivity contribution in [3.8, 4) is 0 Å². The first-order valence-electron chi connectivity index (χ1n) is 8.88. The van der Waals surface area contributed by atoms with Gasteiger partial charge in [0.05, 0.1) is 5.56 Å². The first-order chi connectivity index (χ1) is 10.5. The van der Waals surface area contributed by atoms with Crippen molar-refractivity contribution in [2.45, 2.75) is 79.6 Å². The number of aryl methyl sites for hydroxylation is 1. The van der Waals surface area contributed by atoms with Gasteiger partial charge in [0.15, 0.2) is 0 Å². The largest absolute Gasteiger partial charge is 0.478 e. The fourth-order valence-electron chi connectivity index (χ4n) is 3.50. The van der Waals surface area contributed by atoms with E-state index in [-0.39, 0.29) is 5.41 Å². The zero-order valence-corrected chi connectivity index (χ0v) is 15.5. The Morgan fingerprint density at radius 2 is 1.82 bits per heavy atom. The maximum atomic E-state index is 11.2. The predicted octanol–water partition coefficient (Wildman–Crippen LogP) is 6.08. The van der Waals surface area contributed by atoms with Crippen LogP contribution in [0, 0.1) is 5.92 Å². The van der Waals surface area contributed by atoms with Crippen LogP contribution < -0.4 is 0 Å². The Balaban J connectivity index is 0.00000102. The van der Waals surface area contributed by atoms with E-state index in [9.17, 15) is 4.79 Å². The lowest BCUT2D eigenvalue weighted by molar-refractivity contribution is 0.0696. The predicted molar refractivity (Wildman–Crippen MR) is 95.8 cm³/mol. The van der Waals surface area contributed by atoms with Crippen molar-refractivity contribution < 1.29 is 9.90 Å². The molecule has 2 rings (SSSR count). The number of benzene rings is 1. The lowest BCUT2D eigenvalue weighted by Crippen LogP contribution is -2.35. The van der Waals surface area contributed by atoms with Gasteiger partial charge in [-0.15, -0.1) is 0 Å². The van der Waals surface area contributed by atoms with Crippen molar-refractivity contribution in [1.82, 2.24) is 0 Å². The van der Waals surface area contributed by atoms with Gasteiger partial charge in [0, 0.05) is 0 Å². The number of hydrogen-bond acceptors (Lipinski definition) is 1. The molecule has 0 saturated carbocycles. The van der Waals surface area contributed by atoms with E-state index in [2.05, 4.69) is 20.8 Å². The van der Waals surface area contributed by atoms with Crippen LogP contribution in [0.4, 0.5) is 0 Å². The molecule has 2 nitrogen and oxygen atoms in total. The highest BCUT2D eigenvalue weighted by Gasteiger charge is 2.37. The molecule has 1 aliphatic rings. The van der Waals surface area contributed by atoms with Crippen molar-refractivity contribution in [2.75, 3.05) is 0 Å². The SMILES string of the molecule is CC.CC.CCC1(C(C)C)CCCc2ccc(C(=O)O)cc21. The fraction of sp³-hybridized carbons (Fsp3) is 0.650. The third-order valence-electron chi connectivity index (χ3n) is 4.70. The average Bonchev–Trinajstić information content (AvgIpc) is 2.57. The summed E-state index contributed by atoms with van der Waals surface area (Å²) in [4.78, 5) is 11.2. The lowest BCUT2D eigenvalue weighted by Gasteiger charge is -2.42.